The van der Waals surface area contributed by atoms with Gasteiger partial charge in [-0.2, -0.15) is 12.6 Å². The molecule has 1 aliphatic rings. The van der Waals surface area contributed by atoms with Crippen LogP contribution < -0.4 is 0 Å². The molecule has 1 aromatic carbocycles. The maximum atomic E-state index is 12.6. The molecule has 1 aliphatic heterocycles. The summed E-state index contributed by atoms with van der Waals surface area (Å²) in [6, 6.07) is 10.2. The minimum atomic E-state index is -0.213. The lowest BCUT2D eigenvalue weighted by atomic mass is 9.96. The Morgan fingerprint density at radius 2 is 2.05 bits per heavy atom. The standard InChI is InChI=1S/C18H27NOS/c1-2-7-15-10-6-12-19(13-11-15)18(20)17(21)14-16-8-4-3-5-9-16/h3-5,8-9,15,17,21H,2,6-7,10-14H2,1H3. The van der Waals surface area contributed by atoms with Crippen LogP contribution in [0.1, 0.15) is 44.6 Å². The third kappa shape index (κ3) is 5.06. The summed E-state index contributed by atoms with van der Waals surface area (Å²) in [5, 5.41) is -0.213. The van der Waals surface area contributed by atoms with Crippen LogP contribution in [0.3, 0.4) is 0 Å². The van der Waals surface area contributed by atoms with Gasteiger partial charge in [0.2, 0.25) is 5.91 Å². The van der Waals surface area contributed by atoms with Crippen molar-refractivity contribution in [1.82, 2.24) is 4.90 Å². The Morgan fingerprint density at radius 3 is 2.76 bits per heavy atom. The Balaban J connectivity index is 1.87. The van der Waals surface area contributed by atoms with E-state index in [0.29, 0.717) is 0 Å². The zero-order chi connectivity index (χ0) is 15.1. The smallest absolute Gasteiger partial charge is 0.235 e. The van der Waals surface area contributed by atoms with E-state index in [4.69, 9.17) is 0 Å². The minimum Gasteiger partial charge on any atom is -0.342 e. The third-order valence-electron chi connectivity index (χ3n) is 4.41. The van der Waals surface area contributed by atoms with Crippen molar-refractivity contribution in [3.63, 3.8) is 0 Å². The van der Waals surface area contributed by atoms with E-state index in [1.54, 1.807) is 0 Å². The number of hydrogen-bond donors (Lipinski definition) is 1. The molecule has 1 saturated heterocycles. The molecule has 2 rings (SSSR count). The summed E-state index contributed by atoms with van der Waals surface area (Å²) >= 11 is 4.55. The van der Waals surface area contributed by atoms with Crippen molar-refractivity contribution in [3.05, 3.63) is 35.9 Å². The van der Waals surface area contributed by atoms with Crippen LogP contribution in [0.25, 0.3) is 0 Å². The van der Waals surface area contributed by atoms with Gasteiger partial charge in [0.05, 0.1) is 5.25 Å². The molecular weight excluding hydrogens is 278 g/mol. The van der Waals surface area contributed by atoms with Crippen molar-refractivity contribution < 1.29 is 4.79 Å². The molecule has 1 amide bonds. The molecule has 0 aromatic heterocycles. The number of benzene rings is 1. The topological polar surface area (TPSA) is 20.3 Å². The van der Waals surface area contributed by atoms with E-state index in [1.165, 1.54) is 24.8 Å². The summed E-state index contributed by atoms with van der Waals surface area (Å²) in [6.07, 6.45) is 6.84. The number of carbonyl (C=O) groups excluding carboxylic acids is 1. The maximum Gasteiger partial charge on any atom is 0.235 e. The van der Waals surface area contributed by atoms with Crippen LogP contribution in [-0.2, 0) is 11.2 Å². The van der Waals surface area contributed by atoms with Crippen molar-refractivity contribution in [2.75, 3.05) is 13.1 Å². The molecule has 0 spiro atoms. The van der Waals surface area contributed by atoms with Gasteiger partial charge in [0.15, 0.2) is 0 Å². The predicted octanol–water partition coefficient (Wildman–Crippen LogP) is 3.96. The molecule has 0 bridgehead atoms. The molecule has 116 valence electrons. The van der Waals surface area contributed by atoms with Gasteiger partial charge in [-0.25, -0.2) is 0 Å². The summed E-state index contributed by atoms with van der Waals surface area (Å²) in [7, 11) is 0. The molecule has 1 fully saturated rings. The lowest BCUT2D eigenvalue weighted by Gasteiger charge is -2.24. The molecule has 2 unspecified atom stereocenters. The van der Waals surface area contributed by atoms with Crippen LogP contribution in [-0.4, -0.2) is 29.1 Å². The molecule has 1 aromatic rings. The van der Waals surface area contributed by atoms with Crippen LogP contribution in [0.15, 0.2) is 30.3 Å². The van der Waals surface area contributed by atoms with Crippen LogP contribution >= 0.6 is 12.6 Å². The Morgan fingerprint density at radius 1 is 1.29 bits per heavy atom. The van der Waals surface area contributed by atoms with Gasteiger partial charge in [-0.05, 0) is 37.2 Å². The van der Waals surface area contributed by atoms with Crippen molar-refractivity contribution in [3.8, 4) is 0 Å². The number of thiol groups is 1. The van der Waals surface area contributed by atoms with Crippen molar-refractivity contribution in [2.45, 2.75) is 50.7 Å². The summed E-state index contributed by atoms with van der Waals surface area (Å²) in [6.45, 7) is 4.07. The maximum absolute atomic E-state index is 12.6. The Hall–Kier alpha value is -0.960. The first-order chi connectivity index (χ1) is 10.2. The first-order valence-electron chi connectivity index (χ1n) is 8.21. The molecule has 3 heteroatoms. The second kappa shape index (κ2) is 8.47. The quantitative estimate of drug-likeness (QED) is 0.817. The van der Waals surface area contributed by atoms with Crippen molar-refractivity contribution in [1.29, 1.82) is 0 Å². The monoisotopic (exact) mass is 305 g/mol. The predicted molar refractivity (Wildman–Crippen MR) is 91.7 cm³/mol. The lowest BCUT2D eigenvalue weighted by Crippen LogP contribution is -2.38. The van der Waals surface area contributed by atoms with Crippen LogP contribution in [0, 0.1) is 5.92 Å². The molecule has 2 atom stereocenters. The van der Waals surface area contributed by atoms with Crippen LogP contribution in [0.2, 0.25) is 0 Å². The van der Waals surface area contributed by atoms with Gasteiger partial charge >= 0.3 is 0 Å². The zero-order valence-electron chi connectivity index (χ0n) is 13.0. The Bertz CT molecular complexity index is 434. The zero-order valence-corrected chi connectivity index (χ0v) is 13.9. The molecule has 0 N–H and O–H groups in total. The molecule has 2 nitrogen and oxygen atoms in total. The van der Waals surface area contributed by atoms with Crippen LogP contribution in [0.5, 0.6) is 0 Å². The second-order valence-electron chi connectivity index (χ2n) is 6.12. The molecule has 21 heavy (non-hydrogen) atoms. The number of hydrogen-bond acceptors (Lipinski definition) is 2. The summed E-state index contributed by atoms with van der Waals surface area (Å²) in [4.78, 5) is 14.6. The van der Waals surface area contributed by atoms with Gasteiger partial charge in [-0.1, -0.05) is 50.1 Å². The van der Waals surface area contributed by atoms with E-state index < -0.39 is 0 Å². The fourth-order valence-electron chi connectivity index (χ4n) is 3.22. The highest BCUT2D eigenvalue weighted by Crippen LogP contribution is 2.23. The van der Waals surface area contributed by atoms with Crippen molar-refractivity contribution in [2.24, 2.45) is 5.92 Å². The summed E-state index contributed by atoms with van der Waals surface area (Å²) in [5.41, 5.74) is 1.18. The van der Waals surface area contributed by atoms with Gasteiger partial charge in [-0.3, -0.25) is 4.79 Å². The van der Waals surface area contributed by atoms with E-state index in [0.717, 1.165) is 38.3 Å². The number of likely N-dealkylation sites (tertiary alicyclic amines) is 1. The highest BCUT2D eigenvalue weighted by molar-refractivity contribution is 7.81. The number of amides is 1. The largest absolute Gasteiger partial charge is 0.342 e. The second-order valence-corrected chi connectivity index (χ2v) is 6.74. The van der Waals surface area contributed by atoms with Gasteiger partial charge in [0.25, 0.3) is 0 Å². The molecular formula is C18H27NOS. The van der Waals surface area contributed by atoms with Gasteiger partial charge < -0.3 is 4.90 Å². The van der Waals surface area contributed by atoms with Gasteiger partial charge in [-0.15, -0.1) is 0 Å². The fraction of sp³-hybridized carbons (Fsp3) is 0.611. The van der Waals surface area contributed by atoms with E-state index in [1.807, 2.05) is 23.1 Å². The Kier molecular flexibility index (Phi) is 6.62. The number of rotatable bonds is 5. The molecule has 0 saturated carbocycles. The van der Waals surface area contributed by atoms with Crippen LogP contribution in [0.4, 0.5) is 0 Å². The van der Waals surface area contributed by atoms with E-state index >= 15 is 0 Å². The summed E-state index contributed by atoms with van der Waals surface area (Å²) < 4.78 is 0. The molecule has 0 radical (unpaired) electrons. The van der Waals surface area contributed by atoms with E-state index in [-0.39, 0.29) is 11.2 Å². The average molecular weight is 305 g/mol. The molecule has 1 heterocycles. The average Bonchev–Trinajstić information content (AvgIpc) is 2.73. The number of carbonyl (C=O) groups is 1. The normalized spacial score (nSPS) is 20.9. The highest BCUT2D eigenvalue weighted by Gasteiger charge is 2.24. The van der Waals surface area contributed by atoms with Gasteiger partial charge in [0, 0.05) is 13.1 Å². The first-order valence-corrected chi connectivity index (χ1v) is 8.73. The first kappa shape index (κ1) is 16.4. The number of nitrogens with zero attached hydrogens (tertiary/aromatic N) is 1. The SMILES string of the molecule is CCCC1CCCN(C(=O)C(S)Cc2ccccc2)CC1. The van der Waals surface area contributed by atoms with Crippen molar-refractivity contribution >= 4 is 18.5 Å². The fourth-order valence-corrected chi connectivity index (χ4v) is 3.59. The minimum absolute atomic E-state index is 0.208. The third-order valence-corrected chi connectivity index (χ3v) is 4.82. The Labute approximate surface area is 134 Å². The lowest BCUT2D eigenvalue weighted by molar-refractivity contribution is -0.130. The van der Waals surface area contributed by atoms with E-state index in [2.05, 4.69) is 31.7 Å². The molecule has 0 aliphatic carbocycles. The van der Waals surface area contributed by atoms with Gasteiger partial charge in [0.1, 0.15) is 0 Å². The van der Waals surface area contributed by atoms with E-state index in [9.17, 15) is 4.79 Å². The summed E-state index contributed by atoms with van der Waals surface area (Å²) in [5.74, 6) is 1.01. The highest BCUT2D eigenvalue weighted by atomic mass is 32.1.